The molecular formula is C14H11N5O2S. The van der Waals surface area contributed by atoms with E-state index in [4.69, 9.17) is 0 Å². The predicted octanol–water partition coefficient (Wildman–Crippen LogP) is 2.94. The molecule has 0 atom stereocenters. The smallest absolute Gasteiger partial charge is 0.305 e. The molecule has 0 aliphatic carbocycles. The number of rotatable bonds is 4. The molecule has 2 heterocycles. The first-order valence-corrected chi connectivity index (χ1v) is 7.18. The fourth-order valence-corrected chi connectivity index (χ4v) is 2.62. The first-order valence-electron chi connectivity index (χ1n) is 6.36. The van der Waals surface area contributed by atoms with E-state index < -0.39 is 4.92 Å². The summed E-state index contributed by atoms with van der Waals surface area (Å²) in [6, 6.07) is 9.91. The van der Waals surface area contributed by atoms with Gasteiger partial charge in [-0.15, -0.1) is 0 Å². The lowest BCUT2D eigenvalue weighted by molar-refractivity contribution is -0.385. The Hall–Kier alpha value is -2.74. The highest BCUT2D eigenvalue weighted by molar-refractivity contribution is 7.99. The van der Waals surface area contributed by atoms with Crippen LogP contribution in [-0.4, -0.2) is 24.4 Å². The SMILES string of the molecule is Cn1c(-c2ccccc2)cnc1Sc1ncc([N+](=O)[O-])cn1. The van der Waals surface area contributed by atoms with Crippen LogP contribution in [0.2, 0.25) is 0 Å². The summed E-state index contributed by atoms with van der Waals surface area (Å²) in [6.45, 7) is 0. The van der Waals surface area contributed by atoms with E-state index in [1.165, 1.54) is 24.2 Å². The summed E-state index contributed by atoms with van der Waals surface area (Å²) in [5.41, 5.74) is 1.91. The molecule has 1 aromatic carbocycles. The fourth-order valence-electron chi connectivity index (χ4n) is 1.90. The molecule has 0 aliphatic heterocycles. The minimum atomic E-state index is -0.525. The first-order chi connectivity index (χ1) is 10.6. The number of nitrogens with zero attached hydrogens (tertiary/aromatic N) is 5. The summed E-state index contributed by atoms with van der Waals surface area (Å²) in [5.74, 6) is 0. The maximum absolute atomic E-state index is 10.6. The van der Waals surface area contributed by atoms with E-state index in [2.05, 4.69) is 15.0 Å². The van der Waals surface area contributed by atoms with Crippen LogP contribution in [0.3, 0.4) is 0 Å². The van der Waals surface area contributed by atoms with Gasteiger partial charge in [-0.25, -0.2) is 15.0 Å². The molecule has 0 unspecified atom stereocenters. The van der Waals surface area contributed by atoms with E-state index in [1.807, 2.05) is 41.9 Å². The third-order valence-corrected chi connectivity index (χ3v) is 3.98. The van der Waals surface area contributed by atoms with E-state index >= 15 is 0 Å². The summed E-state index contributed by atoms with van der Waals surface area (Å²) < 4.78 is 1.94. The number of aromatic nitrogens is 4. The highest BCUT2D eigenvalue weighted by Gasteiger charge is 2.12. The summed E-state index contributed by atoms with van der Waals surface area (Å²) >= 11 is 1.26. The van der Waals surface area contributed by atoms with Crippen LogP contribution in [0.1, 0.15) is 0 Å². The van der Waals surface area contributed by atoms with Crippen molar-refractivity contribution in [3.8, 4) is 11.3 Å². The van der Waals surface area contributed by atoms with Crippen molar-refractivity contribution in [2.24, 2.45) is 7.05 Å². The van der Waals surface area contributed by atoms with Crippen molar-refractivity contribution in [3.05, 3.63) is 59.0 Å². The number of benzene rings is 1. The summed E-state index contributed by atoms with van der Waals surface area (Å²) in [7, 11) is 1.91. The molecule has 0 saturated heterocycles. The predicted molar refractivity (Wildman–Crippen MR) is 81.5 cm³/mol. The number of nitro groups is 1. The molecule has 8 heteroatoms. The Morgan fingerprint density at radius 2 is 1.77 bits per heavy atom. The molecule has 3 aromatic rings. The molecule has 0 amide bonds. The molecule has 0 saturated carbocycles. The van der Waals surface area contributed by atoms with Gasteiger partial charge in [0.05, 0.1) is 16.8 Å². The van der Waals surface area contributed by atoms with Gasteiger partial charge in [0, 0.05) is 7.05 Å². The van der Waals surface area contributed by atoms with Gasteiger partial charge in [-0.1, -0.05) is 30.3 Å². The zero-order valence-electron chi connectivity index (χ0n) is 11.6. The Morgan fingerprint density at radius 1 is 1.09 bits per heavy atom. The molecule has 0 bridgehead atoms. The third-order valence-electron chi connectivity index (χ3n) is 3.02. The molecule has 0 radical (unpaired) electrons. The highest BCUT2D eigenvalue weighted by Crippen LogP contribution is 2.28. The fraction of sp³-hybridized carbons (Fsp3) is 0.0714. The van der Waals surface area contributed by atoms with Crippen molar-refractivity contribution in [3.63, 3.8) is 0 Å². The normalized spacial score (nSPS) is 10.6. The van der Waals surface area contributed by atoms with E-state index in [9.17, 15) is 10.1 Å². The molecule has 0 N–H and O–H groups in total. The van der Waals surface area contributed by atoms with E-state index in [0.717, 1.165) is 11.3 Å². The van der Waals surface area contributed by atoms with Crippen molar-refractivity contribution >= 4 is 17.4 Å². The second-order valence-electron chi connectivity index (χ2n) is 4.43. The van der Waals surface area contributed by atoms with E-state index in [0.29, 0.717) is 10.3 Å². The van der Waals surface area contributed by atoms with Gasteiger partial charge >= 0.3 is 5.69 Å². The van der Waals surface area contributed by atoms with Crippen LogP contribution < -0.4 is 0 Å². The van der Waals surface area contributed by atoms with Crippen molar-refractivity contribution in [2.45, 2.75) is 10.3 Å². The third kappa shape index (κ3) is 2.82. The Morgan fingerprint density at radius 3 is 2.41 bits per heavy atom. The molecule has 0 spiro atoms. The molecule has 110 valence electrons. The largest absolute Gasteiger partial charge is 0.322 e. The van der Waals surface area contributed by atoms with Gasteiger partial charge in [-0.2, -0.15) is 0 Å². The van der Waals surface area contributed by atoms with Gasteiger partial charge in [-0.3, -0.25) is 10.1 Å². The average Bonchev–Trinajstić information content (AvgIpc) is 2.90. The lowest BCUT2D eigenvalue weighted by atomic mass is 10.2. The van der Waals surface area contributed by atoms with Crippen LogP contribution in [0.25, 0.3) is 11.3 Å². The Labute approximate surface area is 130 Å². The Bertz CT molecular complexity index is 802. The van der Waals surface area contributed by atoms with Gasteiger partial charge in [0.15, 0.2) is 10.3 Å². The molecule has 0 aliphatic rings. The minimum absolute atomic E-state index is 0.130. The molecule has 2 aromatic heterocycles. The van der Waals surface area contributed by atoms with Gasteiger partial charge in [0.25, 0.3) is 0 Å². The number of imidazole rings is 1. The summed E-state index contributed by atoms with van der Waals surface area (Å²) in [4.78, 5) is 22.4. The zero-order chi connectivity index (χ0) is 15.5. The van der Waals surface area contributed by atoms with Crippen molar-refractivity contribution in [2.75, 3.05) is 0 Å². The summed E-state index contributed by atoms with van der Waals surface area (Å²) in [6.07, 6.45) is 4.16. The van der Waals surface area contributed by atoms with Crippen molar-refractivity contribution in [1.82, 2.24) is 19.5 Å². The minimum Gasteiger partial charge on any atom is -0.322 e. The van der Waals surface area contributed by atoms with Crippen LogP contribution in [0.15, 0.2) is 59.2 Å². The molecule has 7 nitrogen and oxygen atoms in total. The van der Waals surface area contributed by atoms with Gasteiger partial charge in [0.2, 0.25) is 0 Å². The molecular weight excluding hydrogens is 302 g/mol. The lowest BCUT2D eigenvalue weighted by Gasteiger charge is -2.04. The second-order valence-corrected chi connectivity index (χ2v) is 5.37. The van der Waals surface area contributed by atoms with Gasteiger partial charge in [-0.05, 0) is 17.3 Å². The van der Waals surface area contributed by atoms with Crippen LogP contribution in [-0.2, 0) is 7.05 Å². The standard InChI is InChI=1S/C14H11N5O2S/c1-18-12(10-5-3-2-4-6-10)9-17-14(18)22-13-15-7-11(8-16-13)19(20)21/h2-9H,1H3. The molecule has 0 fully saturated rings. The van der Waals surface area contributed by atoms with Crippen molar-refractivity contribution < 1.29 is 4.92 Å². The van der Waals surface area contributed by atoms with Gasteiger partial charge in [0.1, 0.15) is 12.4 Å². The molecule has 3 rings (SSSR count). The van der Waals surface area contributed by atoms with Crippen LogP contribution in [0.5, 0.6) is 0 Å². The van der Waals surface area contributed by atoms with E-state index in [1.54, 1.807) is 6.20 Å². The first kappa shape index (κ1) is 14.2. The van der Waals surface area contributed by atoms with E-state index in [-0.39, 0.29) is 5.69 Å². The number of hydrogen-bond acceptors (Lipinski definition) is 6. The average molecular weight is 313 g/mol. The Kier molecular flexibility index (Phi) is 3.84. The van der Waals surface area contributed by atoms with Crippen LogP contribution in [0, 0.1) is 10.1 Å². The quantitative estimate of drug-likeness (QED) is 0.418. The monoisotopic (exact) mass is 313 g/mol. The van der Waals surface area contributed by atoms with Crippen LogP contribution in [0.4, 0.5) is 5.69 Å². The highest BCUT2D eigenvalue weighted by atomic mass is 32.2. The van der Waals surface area contributed by atoms with Crippen molar-refractivity contribution in [1.29, 1.82) is 0 Å². The second kappa shape index (κ2) is 5.94. The number of hydrogen-bond donors (Lipinski definition) is 0. The lowest BCUT2D eigenvalue weighted by Crippen LogP contribution is -1.96. The van der Waals surface area contributed by atoms with Crippen LogP contribution >= 0.6 is 11.8 Å². The topological polar surface area (TPSA) is 86.7 Å². The van der Waals surface area contributed by atoms with Gasteiger partial charge < -0.3 is 4.57 Å². The molecule has 22 heavy (non-hydrogen) atoms. The maximum atomic E-state index is 10.6. The summed E-state index contributed by atoms with van der Waals surface area (Å²) in [5, 5.41) is 11.7. The zero-order valence-corrected chi connectivity index (χ0v) is 12.4. The maximum Gasteiger partial charge on any atom is 0.305 e. The Balaban J connectivity index is 1.85.